The van der Waals surface area contributed by atoms with Crippen molar-refractivity contribution < 1.29 is 96.1 Å². The summed E-state index contributed by atoms with van der Waals surface area (Å²) >= 11 is 0. The summed E-state index contributed by atoms with van der Waals surface area (Å²) in [7, 11) is -1.10. The number of nitrogens with one attached hydrogen (secondary N) is 2. The summed E-state index contributed by atoms with van der Waals surface area (Å²) in [6.45, 7) is 8.05. The molecule has 0 saturated heterocycles. The third kappa shape index (κ3) is 15.1. The monoisotopic (exact) mass is 1310 g/mol. The standard InChI is InChI=1S/C65H78N7O20P/c1-37-46(35-65(84)55(92-59(81)44-24-18-13-19-25-44)53-63(6,38(2)73)48(87-10)34-47(75)64(53,7)54(76)51(89-39(3)74)49(37)62(65,4)5)90-60(82)52(50(41-20-14-11-15-21-41)69-57(78)42-22-16-12-17-23-42)91-61(83)71(8)31-32-72(9)93(85,86)88-33-30-45(58(79)80)68-56(77)43-28-26-40(27-29-43)36-67-70-66/h11-29,45-48,50-53,55,75,84H,30-36H2,1-10H3,(H,68,77)(H,69,78)(H,79,80)(H,85,86)/t45?,46-,47-,48+,50-,51+,52+,53?,55?,63-,64+,65+/m0/s1. The number of hydrogen-bond donors (Lipinski definition) is 6. The Kier molecular flexibility index (Phi) is 22.8. The number of esters is 3. The minimum atomic E-state index is -4.78. The molecule has 4 unspecified atom stereocenters. The number of carbonyl (C=O) groups is 9. The number of amides is 3. The van der Waals surface area contributed by atoms with Gasteiger partial charge in [-0.1, -0.05) is 97.8 Å². The molecule has 2 saturated carbocycles. The lowest BCUT2D eigenvalue weighted by Crippen LogP contribution is -2.76. The van der Waals surface area contributed by atoms with Crippen molar-refractivity contribution in [2.45, 2.75) is 129 Å². The van der Waals surface area contributed by atoms with Crippen LogP contribution in [0.25, 0.3) is 10.4 Å². The summed E-state index contributed by atoms with van der Waals surface area (Å²) in [5.41, 5.74) is 0.975. The Labute approximate surface area is 536 Å². The van der Waals surface area contributed by atoms with Crippen molar-refractivity contribution in [3.05, 3.63) is 165 Å². The van der Waals surface area contributed by atoms with Crippen LogP contribution in [0.1, 0.15) is 116 Å². The van der Waals surface area contributed by atoms with Crippen LogP contribution in [0.4, 0.5) is 4.79 Å². The average molecular weight is 1310 g/mol. The number of Topliss-reactive ketones (excluding diaryl/α,β-unsaturated/α-hetero) is 2. The first-order valence-electron chi connectivity index (χ1n) is 29.8. The number of hydrogen-bond acceptors (Lipinski definition) is 19. The molecule has 93 heavy (non-hydrogen) atoms. The van der Waals surface area contributed by atoms with Crippen LogP contribution < -0.4 is 10.6 Å². The van der Waals surface area contributed by atoms with Gasteiger partial charge >= 0.3 is 37.7 Å². The second kappa shape index (κ2) is 29.5. The minimum Gasteiger partial charge on any atom is -0.480 e. The summed E-state index contributed by atoms with van der Waals surface area (Å²) in [4.78, 5) is 143. The minimum absolute atomic E-state index is 0.0115. The zero-order valence-corrected chi connectivity index (χ0v) is 54.0. The number of carboxylic acid groups (broad SMARTS) is 1. The normalized spacial score (nSPS) is 25.5. The largest absolute Gasteiger partial charge is 0.480 e. The Morgan fingerprint density at radius 2 is 1.38 bits per heavy atom. The van der Waals surface area contributed by atoms with Crippen LogP contribution in [0.5, 0.6) is 0 Å². The first-order chi connectivity index (χ1) is 43.8. The van der Waals surface area contributed by atoms with Crippen molar-refractivity contribution in [1.82, 2.24) is 20.2 Å². The Bertz CT molecular complexity index is 3590. The number of aliphatic hydroxyl groups is 2. The van der Waals surface area contributed by atoms with Gasteiger partial charge < -0.3 is 59.4 Å². The molecule has 3 aliphatic rings. The van der Waals surface area contributed by atoms with Crippen molar-refractivity contribution in [3.8, 4) is 0 Å². The van der Waals surface area contributed by atoms with Gasteiger partial charge in [0.05, 0.1) is 41.8 Å². The molecule has 27 nitrogen and oxygen atoms in total. The average Bonchev–Trinajstić information content (AvgIpc) is 0.678. The summed E-state index contributed by atoms with van der Waals surface area (Å²) < 4.78 is 50.6. The molecule has 0 aliphatic heterocycles. The van der Waals surface area contributed by atoms with Crippen molar-refractivity contribution >= 4 is 61.1 Å². The molecule has 4 aromatic rings. The Morgan fingerprint density at radius 1 is 0.806 bits per heavy atom. The summed E-state index contributed by atoms with van der Waals surface area (Å²) in [6, 6.07) is 25.9. The zero-order chi connectivity index (χ0) is 68.5. The predicted octanol–water partition coefficient (Wildman–Crippen LogP) is 6.85. The smallest absolute Gasteiger partial charge is 0.410 e. The van der Waals surface area contributed by atoms with Crippen LogP contribution in [-0.2, 0) is 63.3 Å². The van der Waals surface area contributed by atoms with Crippen molar-refractivity contribution in [3.63, 3.8) is 0 Å². The van der Waals surface area contributed by atoms with Gasteiger partial charge in [-0.3, -0.25) is 28.5 Å². The quantitative estimate of drug-likeness (QED) is 0.00751. The molecule has 3 amide bonds. The maximum absolute atomic E-state index is 15.9. The predicted molar refractivity (Wildman–Crippen MR) is 331 cm³/mol. The van der Waals surface area contributed by atoms with E-state index in [9.17, 15) is 58.3 Å². The number of carboxylic acids is 1. The summed E-state index contributed by atoms with van der Waals surface area (Å²) in [5, 5.41) is 45.0. The molecule has 0 spiro atoms. The Hall–Kier alpha value is -8.65. The van der Waals surface area contributed by atoms with E-state index in [4.69, 9.17) is 33.7 Å². The van der Waals surface area contributed by atoms with Crippen molar-refractivity contribution in [1.29, 1.82) is 0 Å². The highest BCUT2D eigenvalue weighted by Gasteiger charge is 2.75. The molecule has 6 N–H and O–H groups in total. The molecular formula is C65H78N7O20P. The van der Waals surface area contributed by atoms with E-state index in [0.717, 1.165) is 16.5 Å². The number of methoxy groups -OCH3 is 1. The van der Waals surface area contributed by atoms with E-state index in [0.29, 0.717) is 5.56 Å². The summed E-state index contributed by atoms with van der Waals surface area (Å²) in [6.07, 6.45) is -13.5. The Balaban J connectivity index is 1.24. The number of aliphatic hydroxyl groups excluding tert-OH is 1. The molecule has 498 valence electrons. The van der Waals surface area contributed by atoms with E-state index in [1.54, 1.807) is 54.6 Å². The van der Waals surface area contributed by atoms with Gasteiger partial charge in [-0.05, 0) is 98.9 Å². The second-order valence-electron chi connectivity index (χ2n) is 24.3. The molecule has 2 bridgehead atoms. The number of azide groups is 1. The SMILES string of the molecule is CO[C@@H]1C[C@H](O)[C@@]2(C)C(=O)[C@H](OC(C)=O)C3=C(C)[C@@H](OC(=O)[C@H](OC(=O)N(C)CCN(C)P(=O)(O)OCCC(NC(=O)c4ccc(CN=[N+]=[N-])cc4)C(=O)O)[C@@H](NC(=O)c4ccccc4)c4ccccc4)C[C@@](O)(C(OC(=O)c4ccccc4)C2[C@@]1(C)C(C)=O)C3(C)C. The van der Waals surface area contributed by atoms with E-state index in [-0.39, 0.29) is 46.4 Å². The lowest BCUT2D eigenvalue weighted by molar-refractivity contribution is -0.256. The van der Waals surface area contributed by atoms with Crippen LogP contribution in [-0.4, -0.2) is 172 Å². The number of fused-ring (bicyclic) bond motifs is 3. The van der Waals surface area contributed by atoms with Gasteiger partial charge in [-0.25, -0.2) is 28.4 Å². The van der Waals surface area contributed by atoms with E-state index >= 15 is 9.59 Å². The molecule has 28 heteroatoms. The fourth-order valence-electron chi connectivity index (χ4n) is 12.8. The molecule has 13 atom stereocenters. The highest BCUT2D eigenvalue weighted by molar-refractivity contribution is 7.50. The topological polar surface area (TPSA) is 386 Å². The van der Waals surface area contributed by atoms with Crippen molar-refractivity contribution in [2.75, 3.05) is 40.9 Å². The highest BCUT2D eigenvalue weighted by Crippen LogP contribution is 2.64. The zero-order valence-electron chi connectivity index (χ0n) is 53.1. The maximum atomic E-state index is 15.9. The van der Waals surface area contributed by atoms with Gasteiger partial charge in [0.2, 0.25) is 6.10 Å². The number of ketones is 2. The third-order valence-corrected chi connectivity index (χ3v) is 20.0. The van der Waals surface area contributed by atoms with E-state index in [1.165, 1.54) is 123 Å². The number of aliphatic carboxylic acids is 1. The molecule has 0 radical (unpaired) electrons. The van der Waals surface area contributed by atoms with Crippen LogP contribution in [0.2, 0.25) is 0 Å². The first kappa shape index (κ1) is 71.8. The molecule has 4 aromatic carbocycles. The fourth-order valence-corrected chi connectivity index (χ4v) is 13.7. The summed E-state index contributed by atoms with van der Waals surface area (Å²) in [5.74, 6) is -9.63. The Morgan fingerprint density at radius 3 is 1.94 bits per heavy atom. The first-order valence-corrected chi connectivity index (χ1v) is 31.3. The molecule has 2 fully saturated rings. The molecular weight excluding hydrogens is 1230 g/mol. The van der Waals surface area contributed by atoms with Gasteiger partial charge in [-0.2, -0.15) is 0 Å². The molecule has 0 aromatic heterocycles. The van der Waals surface area contributed by atoms with Gasteiger partial charge in [0, 0.05) is 80.8 Å². The lowest BCUT2D eigenvalue weighted by Gasteiger charge is -2.64. The second-order valence-corrected chi connectivity index (χ2v) is 26.2. The molecule has 7 rings (SSSR count). The van der Waals surface area contributed by atoms with E-state index in [2.05, 4.69) is 20.7 Å². The number of benzene rings is 4. The number of nitrogens with zero attached hydrogens (tertiary/aromatic N) is 5. The van der Waals surface area contributed by atoms with Crippen LogP contribution in [0.15, 0.2) is 132 Å². The maximum Gasteiger partial charge on any atom is 0.410 e. The van der Waals surface area contributed by atoms with Crippen LogP contribution in [0.3, 0.4) is 0 Å². The molecule has 0 heterocycles. The van der Waals surface area contributed by atoms with Gasteiger partial charge in [-0.15, -0.1) is 0 Å². The number of ether oxygens (including phenoxy) is 5. The fraction of sp³-hybridized carbons (Fsp3) is 0.462. The number of rotatable bonds is 25. The van der Waals surface area contributed by atoms with Gasteiger partial charge in [0.15, 0.2) is 11.9 Å². The molecule has 3 aliphatic carbocycles. The third-order valence-electron chi connectivity index (χ3n) is 18.4. The van der Waals surface area contributed by atoms with Crippen LogP contribution >= 0.6 is 7.75 Å². The number of carbonyl (C=O) groups excluding carboxylic acids is 8. The highest BCUT2D eigenvalue weighted by atomic mass is 31.2. The van der Waals surface area contributed by atoms with Crippen molar-refractivity contribution in [2.24, 2.45) is 27.3 Å². The van der Waals surface area contributed by atoms with E-state index < -0.39 is 170 Å². The van der Waals surface area contributed by atoms with E-state index in [1.807, 2.05) is 0 Å². The number of likely N-dealkylation sites (N-methyl/N-ethyl adjacent to an activating group) is 2. The van der Waals surface area contributed by atoms with Gasteiger partial charge in [0.1, 0.15) is 35.7 Å². The van der Waals surface area contributed by atoms with Gasteiger partial charge in [0.25, 0.3) is 11.8 Å². The lowest BCUT2D eigenvalue weighted by atomic mass is 9.42. The van der Waals surface area contributed by atoms with Crippen LogP contribution in [0, 0.1) is 22.2 Å².